The van der Waals surface area contributed by atoms with E-state index in [1.54, 1.807) is 12.1 Å². The Bertz CT molecular complexity index is 170. The molecule has 1 aromatic rings. The van der Waals surface area contributed by atoms with Gasteiger partial charge in [0.2, 0.25) is 0 Å². The maximum atomic E-state index is 6.99. The summed E-state index contributed by atoms with van der Waals surface area (Å²) in [4.78, 5) is 0. The predicted molar refractivity (Wildman–Crippen MR) is 35.4 cm³/mol. The molecule has 2 N–H and O–H groups in total. The molecule has 2 nitrogen and oxygen atoms in total. The van der Waals surface area contributed by atoms with E-state index in [0.29, 0.717) is 0 Å². The number of rotatable bonds is 1. The molecule has 0 saturated carbocycles. The molecule has 0 atom stereocenters. The molecular weight excluding hydrogens is 112 g/mol. The first-order valence-electron chi connectivity index (χ1n) is 2.78. The lowest BCUT2D eigenvalue weighted by Crippen LogP contribution is -1.97. The highest BCUT2D eigenvalue weighted by atomic mass is 14.8. The first kappa shape index (κ1) is 6.26. The third-order valence-electron chi connectivity index (χ3n) is 1.13. The largest absolute Gasteiger partial charge is 0.234 e. The van der Waals surface area contributed by atoms with E-state index in [4.69, 9.17) is 11.5 Å². The van der Waals surface area contributed by atoms with Gasteiger partial charge >= 0.3 is 0 Å². The summed E-state index contributed by atoms with van der Waals surface area (Å²) >= 11 is 0. The van der Waals surface area contributed by atoms with Crippen LogP contribution in [0.2, 0.25) is 0 Å². The first-order chi connectivity index (χ1) is 4.30. The number of hydrogen-bond acceptors (Lipinski definition) is 0. The van der Waals surface area contributed by atoms with Crippen LogP contribution in [0.3, 0.4) is 0 Å². The van der Waals surface area contributed by atoms with Crippen LogP contribution < -0.4 is 11.5 Å². The lowest BCUT2D eigenvalue weighted by Gasteiger charge is -1.99. The van der Waals surface area contributed by atoms with Crippen molar-refractivity contribution in [3.63, 3.8) is 0 Å². The molecule has 0 aliphatic carbocycles. The second-order valence-corrected chi connectivity index (χ2v) is 1.84. The molecule has 0 amide bonds. The molecular formula is C7H8N2. The Labute approximate surface area is 54.5 Å². The molecule has 0 saturated heterocycles. The molecule has 0 heterocycles. The zero-order valence-electron chi connectivity index (χ0n) is 4.96. The number of nitrogens with one attached hydrogen (secondary N) is 2. The zero-order valence-corrected chi connectivity index (χ0v) is 4.96. The van der Waals surface area contributed by atoms with Crippen molar-refractivity contribution >= 4 is 0 Å². The van der Waals surface area contributed by atoms with Crippen molar-refractivity contribution in [1.82, 2.24) is 11.5 Å². The van der Waals surface area contributed by atoms with Gasteiger partial charge in [-0.3, -0.25) is 0 Å². The SMILES string of the molecule is [NH]C([NH])c1ccccc1. The summed E-state index contributed by atoms with van der Waals surface area (Å²) in [5, 5.41) is 0. The highest BCUT2D eigenvalue weighted by molar-refractivity contribution is 5.16. The fourth-order valence-corrected chi connectivity index (χ4v) is 0.645. The van der Waals surface area contributed by atoms with Crippen LogP contribution in [-0.2, 0) is 0 Å². The summed E-state index contributed by atoms with van der Waals surface area (Å²) in [5.41, 5.74) is 14.7. The third kappa shape index (κ3) is 1.52. The Balaban J connectivity index is 2.85. The van der Waals surface area contributed by atoms with Crippen LogP contribution in [0.1, 0.15) is 11.7 Å². The minimum Gasteiger partial charge on any atom is -0.234 e. The van der Waals surface area contributed by atoms with E-state index in [0.717, 1.165) is 5.56 Å². The highest BCUT2D eigenvalue weighted by Crippen LogP contribution is 2.04. The normalized spacial score (nSPS) is 10.1. The summed E-state index contributed by atoms with van der Waals surface area (Å²) in [6.45, 7) is 0. The number of hydrogen-bond donors (Lipinski definition) is 0. The van der Waals surface area contributed by atoms with Gasteiger partial charge in [-0.05, 0) is 5.56 Å². The van der Waals surface area contributed by atoms with Crippen LogP contribution in [-0.4, -0.2) is 0 Å². The monoisotopic (exact) mass is 120 g/mol. The van der Waals surface area contributed by atoms with Crippen molar-refractivity contribution in [2.45, 2.75) is 6.17 Å². The van der Waals surface area contributed by atoms with E-state index in [9.17, 15) is 0 Å². The van der Waals surface area contributed by atoms with E-state index in [1.165, 1.54) is 0 Å². The van der Waals surface area contributed by atoms with Crippen molar-refractivity contribution in [1.29, 1.82) is 0 Å². The van der Waals surface area contributed by atoms with Crippen LogP contribution in [0.15, 0.2) is 30.3 Å². The second kappa shape index (κ2) is 2.62. The zero-order chi connectivity index (χ0) is 6.69. The predicted octanol–water partition coefficient (Wildman–Crippen LogP) is 1.25. The fourth-order valence-electron chi connectivity index (χ4n) is 0.645. The van der Waals surface area contributed by atoms with E-state index >= 15 is 0 Å². The van der Waals surface area contributed by atoms with Gasteiger partial charge in [-0.15, -0.1) is 0 Å². The smallest absolute Gasteiger partial charge is 0.109 e. The van der Waals surface area contributed by atoms with E-state index in [2.05, 4.69) is 0 Å². The van der Waals surface area contributed by atoms with E-state index in [1.807, 2.05) is 18.2 Å². The maximum Gasteiger partial charge on any atom is 0.109 e. The van der Waals surface area contributed by atoms with E-state index in [-0.39, 0.29) is 0 Å². The molecule has 46 valence electrons. The summed E-state index contributed by atoms with van der Waals surface area (Å²) in [6, 6.07) is 9.12. The van der Waals surface area contributed by atoms with Crippen molar-refractivity contribution in [3.05, 3.63) is 35.9 Å². The Morgan fingerprint density at radius 2 is 1.56 bits per heavy atom. The van der Waals surface area contributed by atoms with Crippen molar-refractivity contribution < 1.29 is 0 Å². The summed E-state index contributed by atoms with van der Waals surface area (Å²) in [7, 11) is 0. The Kier molecular flexibility index (Phi) is 1.82. The van der Waals surface area contributed by atoms with Gasteiger partial charge in [-0.25, -0.2) is 11.5 Å². The molecule has 0 unspecified atom stereocenters. The second-order valence-electron chi connectivity index (χ2n) is 1.84. The molecule has 0 fully saturated rings. The van der Waals surface area contributed by atoms with Gasteiger partial charge in [0.25, 0.3) is 0 Å². The van der Waals surface area contributed by atoms with Gasteiger partial charge in [-0.1, -0.05) is 30.3 Å². The van der Waals surface area contributed by atoms with Gasteiger partial charge in [-0.2, -0.15) is 0 Å². The molecule has 0 bridgehead atoms. The average Bonchev–Trinajstić information content (AvgIpc) is 1.90. The van der Waals surface area contributed by atoms with E-state index < -0.39 is 6.17 Å². The minimum atomic E-state index is -0.841. The first-order valence-corrected chi connectivity index (χ1v) is 2.78. The standard InChI is InChI=1S/C7H8N2/c8-7(9)6-4-2-1-3-5-6/h1-5,7-9H. The van der Waals surface area contributed by atoms with Crippen LogP contribution >= 0.6 is 0 Å². The Hall–Kier alpha value is -0.860. The molecule has 2 heteroatoms. The minimum absolute atomic E-state index is 0.748. The molecule has 0 aromatic heterocycles. The summed E-state index contributed by atoms with van der Waals surface area (Å²) in [5.74, 6) is 0. The molecule has 1 rings (SSSR count). The van der Waals surface area contributed by atoms with Crippen LogP contribution in [0.4, 0.5) is 0 Å². The lowest BCUT2D eigenvalue weighted by atomic mass is 10.2. The van der Waals surface area contributed by atoms with Gasteiger partial charge in [0.05, 0.1) is 0 Å². The maximum absolute atomic E-state index is 6.99. The molecule has 0 aliphatic rings. The van der Waals surface area contributed by atoms with Crippen molar-refractivity contribution in [2.24, 2.45) is 0 Å². The molecule has 0 aliphatic heterocycles. The highest BCUT2D eigenvalue weighted by Gasteiger charge is 1.95. The fraction of sp³-hybridized carbons (Fsp3) is 0.143. The van der Waals surface area contributed by atoms with Gasteiger partial charge in [0, 0.05) is 0 Å². The molecule has 2 radical (unpaired) electrons. The summed E-state index contributed by atoms with van der Waals surface area (Å²) < 4.78 is 0. The summed E-state index contributed by atoms with van der Waals surface area (Å²) in [6.07, 6.45) is -0.841. The Morgan fingerprint density at radius 3 is 1.89 bits per heavy atom. The average molecular weight is 120 g/mol. The van der Waals surface area contributed by atoms with Crippen LogP contribution in [0, 0.1) is 0 Å². The van der Waals surface area contributed by atoms with Gasteiger partial charge < -0.3 is 0 Å². The molecule has 1 aromatic carbocycles. The van der Waals surface area contributed by atoms with Crippen LogP contribution in [0.25, 0.3) is 0 Å². The Morgan fingerprint density at radius 1 is 1.00 bits per heavy atom. The molecule has 9 heavy (non-hydrogen) atoms. The quantitative estimate of drug-likeness (QED) is 0.535. The number of benzene rings is 1. The van der Waals surface area contributed by atoms with Gasteiger partial charge in [0.1, 0.15) is 6.17 Å². The lowest BCUT2D eigenvalue weighted by molar-refractivity contribution is 0.719. The third-order valence-corrected chi connectivity index (χ3v) is 1.13. The topological polar surface area (TPSA) is 47.6 Å². The van der Waals surface area contributed by atoms with Crippen molar-refractivity contribution in [2.75, 3.05) is 0 Å². The molecule has 0 spiro atoms. The van der Waals surface area contributed by atoms with Crippen molar-refractivity contribution in [3.8, 4) is 0 Å². The van der Waals surface area contributed by atoms with Gasteiger partial charge in [0.15, 0.2) is 0 Å². The van der Waals surface area contributed by atoms with Crippen LogP contribution in [0.5, 0.6) is 0 Å².